The Kier molecular flexibility index (Phi) is 7.95. The number of nitrogens with one attached hydrogen (secondary N) is 2. The van der Waals surface area contributed by atoms with Crippen LogP contribution < -0.4 is 14.8 Å². The maximum Gasteiger partial charge on any atom is 0.242 e. The van der Waals surface area contributed by atoms with Crippen molar-refractivity contribution >= 4 is 33.4 Å². The third kappa shape index (κ3) is 6.12. The Bertz CT molecular complexity index is 1180. The van der Waals surface area contributed by atoms with Gasteiger partial charge in [0.25, 0.3) is 0 Å². The molecule has 8 heteroatoms. The van der Waals surface area contributed by atoms with E-state index in [-0.39, 0.29) is 4.90 Å². The molecule has 0 radical (unpaired) electrons. The lowest BCUT2D eigenvalue weighted by molar-refractivity contribution is -0.117. The van der Waals surface area contributed by atoms with Gasteiger partial charge in [-0.05, 0) is 68.8 Å². The zero-order valence-electron chi connectivity index (χ0n) is 18.2. The first kappa shape index (κ1) is 23.8. The van der Waals surface area contributed by atoms with Gasteiger partial charge < -0.3 is 10.1 Å². The molecule has 1 amide bonds. The number of carbonyl (C=O) groups is 1. The van der Waals surface area contributed by atoms with Crippen molar-refractivity contribution in [1.29, 1.82) is 0 Å². The molecule has 32 heavy (non-hydrogen) atoms. The van der Waals surface area contributed by atoms with E-state index in [2.05, 4.69) is 10.0 Å². The molecule has 0 aliphatic rings. The molecule has 3 rings (SSSR count). The average molecular weight is 471 g/mol. The van der Waals surface area contributed by atoms with Crippen LogP contribution in [0.4, 0.5) is 5.69 Å². The van der Waals surface area contributed by atoms with Gasteiger partial charge in [-0.3, -0.25) is 4.79 Å². The molecular formula is C24H26N2O4S2. The molecule has 3 aromatic rings. The maximum atomic E-state index is 12.8. The van der Waals surface area contributed by atoms with Gasteiger partial charge in [0, 0.05) is 9.79 Å². The summed E-state index contributed by atoms with van der Waals surface area (Å²) in [6, 6.07) is 20.9. The molecule has 0 bridgehead atoms. The van der Waals surface area contributed by atoms with Crippen LogP contribution in [0.15, 0.2) is 87.5 Å². The zero-order valence-corrected chi connectivity index (χ0v) is 19.8. The lowest BCUT2D eigenvalue weighted by Gasteiger charge is -2.17. The third-order valence-electron chi connectivity index (χ3n) is 4.60. The molecule has 0 unspecified atom stereocenters. The van der Waals surface area contributed by atoms with Crippen LogP contribution in [0, 0.1) is 6.92 Å². The van der Waals surface area contributed by atoms with Gasteiger partial charge >= 0.3 is 0 Å². The van der Waals surface area contributed by atoms with E-state index in [1.807, 2.05) is 55.5 Å². The number of carbonyl (C=O) groups excluding carboxylic acids is 1. The fraction of sp³-hybridized carbons (Fsp3) is 0.208. The first-order chi connectivity index (χ1) is 15.3. The zero-order chi connectivity index (χ0) is 23.1. The van der Waals surface area contributed by atoms with Gasteiger partial charge in [0.05, 0.1) is 23.2 Å². The standard InChI is InChI=1S/C24H26N2O4S2/c1-4-30-22-15-14-20(16-17(22)2)32(28,29)26-18(3)24(27)25-21-12-8-9-13-23(21)31-19-10-6-5-7-11-19/h5-16,18,26H,4H2,1-3H3,(H,25,27)/t18-/m0/s1. The number of rotatable bonds is 9. The lowest BCUT2D eigenvalue weighted by atomic mass is 10.2. The molecular weight excluding hydrogens is 444 g/mol. The monoisotopic (exact) mass is 470 g/mol. The van der Waals surface area contributed by atoms with Gasteiger partial charge in [-0.2, -0.15) is 4.72 Å². The first-order valence-electron chi connectivity index (χ1n) is 10.2. The molecule has 2 N–H and O–H groups in total. The Morgan fingerprint density at radius 3 is 2.41 bits per heavy atom. The second kappa shape index (κ2) is 10.7. The van der Waals surface area contributed by atoms with Gasteiger partial charge in [0.2, 0.25) is 15.9 Å². The molecule has 0 saturated carbocycles. The molecule has 0 aliphatic heterocycles. The van der Waals surface area contributed by atoms with Crippen LogP contribution in [0.3, 0.4) is 0 Å². The van der Waals surface area contributed by atoms with E-state index in [0.29, 0.717) is 23.6 Å². The smallest absolute Gasteiger partial charge is 0.242 e. The minimum absolute atomic E-state index is 0.0816. The Morgan fingerprint density at radius 1 is 1.03 bits per heavy atom. The summed E-state index contributed by atoms with van der Waals surface area (Å²) in [6.45, 7) is 5.65. The van der Waals surface area contributed by atoms with Crippen molar-refractivity contribution < 1.29 is 17.9 Å². The average Bonchev–Trinajstić information content (AvgIpc) is 2.77. The maximum absolute atomic E-state index is 12.8. The van der Waals surface area contributed by atoms with Crippen LogP contribution in [-0.4, -0.2) is 27.0 Å². The number of anilines is 1. The Hall–Kier alpha value is -2.81. The summed E-state index contributed by atoms with van der Waals surface area (Å²) in [4.78, 5) is 14.7. The fourth-order valence-corrected chi connectivity index (χ4v) is 5.19. The number of ether oxygens (including phenoxy) is 1. The molecule has 168 valence electrons. The highest BCUT2D eigenvalue weighted by molar-refractivity contribution is 7.99. The largest absolute Gasteiger partial charge is 0.494 e. The highest BCUT2D eigenvalue weighted by Gasteiger charge is 2.23. The van der Waals surface area contributed by atoms with E-state index >= 15 is 0 Å². The van der Waals surface area contributed by atoms with E-state index in [1.165, 1.54) is 30.8 Å². The second-order valence-electron chi connectivity index (χ2n) is 7.10. The molecule has 0 aliphatic carbocycles. The lowest BCUT2D eigenvalue weighted by Crippen LogP contribution is -2.41. The van der Waals surface area contributed by atoms with Crippen molar-refractivity contribution in [2.75, 3.05) is 11.9 Å². The van der Waals surface area contributed by atoms with E-state index in [1.54, 1.807) is 19.1 Å². The SMILES string of the molecule is CCOc1ccc(S(=O)(=O)N[C@@H](C)C(=O)Nc2ccccc2Sc2ccccc2)cc1C. The predicted molar refractivity (Wildman–Crippen MR) is 128 cm³/mol. The van der Waals surface area contributed by atoms with Crippen molar-refractivity contribution in [3.8, 4) is 5.75 Å². The molecule has 3 aromatic carbocycles. The highest BCUT2D eigenvalue weighted by atomic mass is 32.2. The quantitative estimate of drug-likeness (QED) is 0.467. The van der Waals surface area contributed by atoms with Gasteiger partial charge in [-0.25, -0.2) is 8.42 Å². The second-order valence-corrected chi connectivity index (χ2v) is 9.93. The molecule has 0 aromatic heterocycles. The predicted octanol–water partition coefficient (Wildman–Crippen LogP) is 4.85. The fourth-order valence-electron chi connectivity index (χ4n) is 2.98. The van der Waals surface area contributed by atoms with Crippen LogP contribution in [0.1, 0.15) is 19.4 Å². The Morgan fingerprint density at radius 2 is 1.72 bits per heavy atom. The number of amides is 1. The van der Waals surface area contributed by atoms with Crippen LogP contribution in [-0.2, 0) is 14.8 Å². The van der Waals surface area contributed by atoms with Gasteiger partial charge in [-0.15, -0.1) is 0 Å². The summed E-state index contributed by atoms with van der Waals surface area (Å²) < 4.78 is 33.5. The summed E-state index contributed by atoms with van der Waals surface area (Å²) in [5.74, 6) is 0.183. The molecule has 6 nitrogen and oxygen atoms in total. The Balaban J connectivity index is 1.71. The summed E-state index contributed by atoms with van der Waals surface area (Å²) in [6.07, 6.45) is 0. The number of hydrogen-bond donors (Lipinski definition) is 2. The molecule has 0 fully saturated rings. The third-order valence-corrected chi connectivity index (χ3v) is 7.22. The molecule has 0 heterocycles. The summed E-state index contributed by atoms with van der Waals surface area (Å²) in [5.41, 5.74) is 1.33. The first-order valence-corrected chi connectivity index (χ1v) is 12.5. The van der Waals surface area contributed by atoms with Crippen molar-refractivity contribution in [2.24, 2.45) is 0 Å². The molecule has 1 atom stereocenters. The van der Waals surface area contributed by atoms with Crippen LogP contribution in [0.2, 0.25) is 0 Å². The van der Waals surface area contributed by atoms with E-state index in [4.69, 9.17) is 4.74 Å². The highest BCUT2D eigenvalue weighted by Crippen LogP contribution is 2.33. The molecule has 0 saturated heterocycles. The van der Waals surface area contributed by atoms with Crippen LogP contribution in [0.25, 0.3) is 0 Å². The van der Waals surface area contributed by atoms with E-state index in [0.717, 1.165) is 9.79 Å². The van der Waals surface area contributed by atoms with E-state index < -0.39 is 22.0 Å². The number of benzene rings is 3. The number of aryl methyl sites for hydroxylation is 1. The Labute approximate surface area is 193 Å². The summed E-state index contributed by atoms with van der Waals surface area (Å²) >= 11 is 1.52. The van der Waals surface area contributed by atoms with Crippen molar-refractivity contribution in [3.05, 3.63) is 78.4 Å². The van der Waals surface area contributed by atoms with E-state index in [9.17, 15) is 13.2 Å². The number of sulfonamides is 1. The minimum Gasteiger partial charge on any atom is -0.494 e. The van der Waals surface area contributed by atoms with Crippen LogP contribution >= 0.6 is 11.8 Å². The molecule has 0 spiro atoms. The minimum atomic E-state index is -3.88. The van der Waals surface area contributed by atoms with Gasteiger partial charge in [0.1, 0.15) is 5.75 Å². The van der Waals surface area contributed by atoms with Crippen molar-refractivity contribution in [2.45, 2.75) is 41.5 Å². The van der Waals surface area contributed by atoms with Crippen molar-refractivity contribution in [1.82, 2.24) is 4.72 Å². The van der Waals surface area contributed by atoms with Gasteiger partial charge in [-0.1, -0.05) is 42.1 Å². The normalized spacial score (nSPS) is 12.2. The summed E-state index contributed by atoms with van der Waals surface area (Å²) in [5, 5.41) is 2.84. The topological polar surface area (TPSA) is 84.5 Å². The summed E-state index contributed by atoms with van der Waals surface area (Å²) in [7, 11) is -3.88. The number of hydrogen-bond acceptors (Lipinski definition) is 5. The van der Waals surface area contributed by atoms with Gasteiger partial charge in [0.15, 0.2) is 0 Å². The number of para-hydroxylation sites is 1. The van der Waals surface area contributed by atoms with Crippen LogP contribution in [0.5, 0.6) is 5.75 Å². The van der Waals surface area contributed by atoms with Crippen molar-refractivity contribution in [3.63, 3.8) is 0 Å².